The van der Waals surface area contributed by atoms with E-state index >= 15 is 0 Å². The number of carbonyl (C=O) groups excluding carboxylic acids is 1. The quantitative estimate of drug-likeness (QED) is 0.438. The van der Waals surface area contributed by atoms with Gasteiger partial charge >= 0.3 is 5.69 Å². The summed E-state index contributed by atoms with van der Waals surface area (Å²) in [6.45, 7) is 6.13. The number of ketones is 1. The van der Waals surface area contributed by atoms with E-state index in [9.17, 15) is 14.4 Å². The monoisotopic (exact) mass is 387 g/mol. The molecule has 2 heterocycles. The summed E-state index contributed by atoms with van der Waals surface area (Å²) in [5, 5.41) is 0.578. The Labute approximate surface area is 159 Å². The van der Waals surface area contributed by atoms with Gasteiger partial charge in [0, 0.05) is 6.54 Å². The van der Waals surface area contributed by atoms with Crippen molar-refractivity contribution < 1.29 is 4.79 Å². The Morgan fingerprint density at radius 3 is 2.74 bits per heavy atom. The summed E-state index contributed by atoms with van der Waals surface area (Å²) in [6.07, 6.45) is 0. The maximum atomic E-state index is 12.6. The summed E-state index contributed by atoms with van der Waals surface area (Å²) in [7, 11) is 0. The van der Waals surface area contributed by atoms with Crippen molar-refractivity contribution in [2.75, 3.05) is 11.5 Å². The van der Waals surface area contributed by atoms with Crippen LogP contribution in [0.2, 0.25) is 0 Å². The summed E-state index contributed by atoms with van der Waals surface area (Å²) in [4.78, 5) is 46.4. The van der Waals surface area contributed by atoms with E-state index in [0.29, 0.717) is 11.7 Å². The number of nitrogen functional groups attached to an aromatic ring is 1. The molecule has 27 heavy (non-hydrogen) atoms. The first kappa shape index (κ1) is 19.0. The first-order valence-corrected chi connectivity index (χ1v) is 9.49. The SMILES string of the molecule is Cc1ccc2nc(SCC(=O)c3c(N)n(CC(C)C)c(=O)[nH]c3=O)[nH]c2c1. The molecule has 0 amide bonds. The highest BCUT2D eigenvalue weighted by Gasteiger charge is 2.20. The van der Waals surface area contributed by atoms with Crippen LogP contribution < -0.4 is 17.0 Å². The topological polar surface area (TPSA) is 127 Å². The summed E-state index contributed by atoms with van der Waals surface area (Å²) in [5.41, 5.74) is 7.20. The number of imidazole rings is 1. The fourth-order valence-electron chi connectivity index (χ4n) is 2.78. The number of aromatic amines is 2. The van der Waals surface area contributed by atoms with Crippen LogP contribution in [0.4, 0.5) is 5.82 Å². The highest BCUT2D eigenvalue weighted by atomic mass is 32.2. The standard InChI is InChI=1S/C18H21N5O3S/c1-9(2)7-23-15(19)14(16(25)22-18(23)26)13(24)8-27-17-20-11-5-4-10(3)6-12(11)21-17/h4-6,9H,7-8,19H2,1-3H3,(H,20,21)(H,22,25,26). The maximum Gasteiger partial charge on any atom is 0.329 e. The summed E-state index contributed by atoms with van der Waals surface area (Å²) >= 11 is 1.18. The lowest BCUT2D eigenvalue weighted by atomic mass is 10.2. The first-order chi connectivity index (χ1) is 12.8. The lowest BCUT2D eigenvalue weighted by molar-refractivity contribution is 0.102. The fourth-order valence-corrected chi connectivity index (χ4v) is 3.54. The minimum absolute atomic E-state index is 0.0219. The van der Waals surface area contributed by atoms with Crippen molar-refractivity contribution in [2.45, 2.75) is 32.5 Å². The molecule has 9 heteroatoms. The second-order valence-electron chi connectivity index (χ2n) is 6.80. The molecule has 0 aliphatic heterocycles. The van der Waals surface area contributed by atoms with Gasteiger partial charge in [0.15, 0.2) is 10.9 Å². The number of fused-ring (bicyclic) bond motifs is 1. The highest BCUT2D eigenvalue weighted by Crippen LogP contribution is 2.21. The van der Waals surface area contributed by atoms with Crippen LogP contribution in [0.15, 0.2) is 32.9 Å². The van der Waals surface area contributed by atoms with E-state index < -0.39 is 17.0 Å². The Bertz CT molecular complexity index is 1130. The average Bonchev–Trinajstić information content (AvgIpc) is 2.98. The molecule has 0 aliphatic carbocycles. The van der Waals surface area contributed by atoms with Crippen LogP contribution >= 0.6 is 11.8 Å². The lowest BCUT2D eigenvalue weighted by Gasteiger charge is -2.13. The van der Waals surface area contributed by atoms with Crippen molar-refractivity contribution >= 4 is 34.4 Å². The molecule has 3 rings (SSSR count). The molecule has 1 aromatic carbocycles. The van der Waals surface area contributed by atoms with Gasteiger partial charge < -0.3 is 10.7 Å². The third-order valence-electron chi connectivity index (χ3n) is 4.02. The molecule has 0 radical (unpaired) electrons. The number of rotatable bonds is 6. The molecule has 0 fully saturated rings. The molecule has 142 valence electrons. The molecule has 0 aliphatic rings. The van der Waals surface area contributed by atoms with Gasteiger partial charge in [-0.15, -0.1) is 0 Å². The second kappa shape index (κ2) is 7.43. The minimum atomic E-state index is -0.761. The predicted octanol–water partition coefficient (Wildman–Crippen LogP) is 1.93. The number of nitrogens with two attached hydrogens (primary N) is 1. The maximum absolute atomic E-state index is 12.6. The Kier molecular flexibility index (Phi) is 5.22. The number of benzene rings is 1. The van der Waals surface area contributed by atoms with Crippen molar-refractivity contribution in [1.82, 2.24) is 19.5 Å². The zero-order valence-corrected chi connectivity index (χ0v) is 16.1. The normalized spacial score (nSPS) is 11.4. The Morgan fingerprint density at radius 1 is 1.30 bits per heavy atom. The molecule has 0 saturated heterocycles. The molecule has 0 saturated carbocycles. The Hall–Kier alpha value is -2.81. The van der Waals surface area contributed by atoms with Crippen molar-refractivity contribution in [2.24, 2.45) is 5.92 Å². The Morgan fingerprint density at radius 2 is 2.04 bits per heavy atom. The zero-order valence-electron chi connectivity index (χ0n) is 15.3. The van der Waals surface area contributed by atoms with Crippen LogP contribution in [0.3, 0.4) is 0 Å². The van der Waals surface area contributed by atoms with Crippen LogP contribution in [0.1, 0.15) is 29.8 Å². The molecule has 0 atom stereocenters. The van der Waals surface area contributed by atoms with Crippen LogP contribution in [-0.4, -0.2) is 31.1 Å². The van der Waals surface area contributed by atoms with Gasteiger partial charge in [0.25, 0.3) is 5.56 Å². The molecule has 0 spiro atoms. The lowest BCUT2D eigenvalue weighted by Crippen LogP contribution is -2.37. The highest BCUT2D eigenvalue weighted by molar-refractivity contribution is 7.99. The zero-order chi connectivity index (χ0) is 19.7. The molecule has 3 aromatic rings. The molecular formula is C18H21N5O3S. The smallest absolute Gasteiger partial charge is 0.329 e. The predicted molar refractivity (Wildman–Crippen MR) is 106 cm³/mol. The van der Waals surface area contributed by atoms with Gasteiger partial charge in [0.1, 0.15) is 11.4 Å². The number of nitrogens with zero attached hydrogens (tertiary/aromatic N) is 2. The number of aromatic nitrogens is 4. The van der Waals surface area contributed by atoms with Crippen molar-refractivity contribution in [1.29, 1.82) is 0 Å². The third-order valence-corrected chi connectivity index (χ3v) is 4.90. The van der Waals surface area contributed by atoms with E-state index in [1.807, 2.05) is 39.0 Å². The van der Waals surface area contributed by atoms with E-state index in [0.717, 1.165) is 16.6 Å². The van der Waals surface area contributed by atoms with Crippen molar-refractivity contribution in [3.8, 4) is 0 Å². The van der Waals surface area contributed by atoms with Crippen LogP contribution in [0.25, 0.3) is 11.0 Å². The second-order valence-corrected chi connectivity index (χ2v) is 7.76. The Balaban J connectivity index is 1.85. The van der Waals surface area contributed by atoms with E-state index in [-0.39, 0.29) is 23.1 Å². The molecule has 4 N–H and O–H groups in total. The van der Waals surface area contributed by atoms with Gasteiger partial charge in [-0.3, -0.25) is 19.1 Å². The number of hydrogen-bond acceptors (Lipinski definition) is 6. The first-order valence-electron chi connectivity index (χ1n) is 8.51. The fraction of sp³-hybridized carbons (Fsp3) is 0.333. The number of anilines is 1. The van der Waals surface area contributed by atoms with Gasteiger partial charge in [0.2, 0.25) is 0 Å². The number of carbonyl (C=O) groups is 1. The van der Waals surface area contributed by atoms with Gasteiger partial charge in [-0.1, -0.05) is 31.7 Å². The van der Waals surface area contributed by atoms with Crippen LogP contribution in [0.5, 0.6) is 0 Å². The summed E-state index contributed by atoms with van der Waals surface area (Å²) in [6, 6.07) is 5.83. The van der Waals surface area contributed by atoms with Gasteiger partial charge in [0.05, 0.1) is 16.8 Å². The van der Waals surface area contributed by atoms with Crippen molar-refractivity contribution in [3.05, 3.63) is 50.2 Å². The third kappa shape index (κ3) is 3.97. The van der Waals surface area contributed by atoms with E-state index in [1.165, 1.54) is 16.3 Å². The van der Waals surface area contributed by atoms with Gasteiger partial charge in [-0.25, -0.2) is 9.78 Å². The number of H-pyrrole nitrogens is 2. The van der Waals surface area contributed by atoms with Crippen LogP contribution in [0, 0.1) is 12.8 Å². The molecule has 0 unspecified atom stereocenters. The molecule has 8 nitrogen and oxygen atoms in total. The largest absolute Gasteiger partial charge is 0.384 e. The van der Waals surface area contributed by atoms with Crippen molar-refractivity contribution in [3.63, 3.8) is 0 Å². The number of aryl methyl sites for hydroxylation is 1. The molecule has 0 bridgehead atoms. The van der Waals surface area contributed by atoms with E-state index in [1.54, 1.807) is 0 Å². The summed E-state index contributed by atoms with van der Waals surface area (Å²) < 4.78 is 1.23. The summed E-state index contributed by atoms with van der Waals surface area (Å²) in [5.74, 6) is -0.435. The van der Waals surface area contributed by atoms with E-state index in [2.05, 4.69) is 15.0 Å². The number of nitrogens with one attached hydrogen (secondary N) is 2. The number of hydrogen-bond donors (Lipinski definition) is 3. The van der Waals surface area contributed by atoms with E-state index in [4.69, 9.17) is 5.73 Å². The minimum Gasteiger partial charge on any atom is -0.384 e. The van der Waals surface area contributed by atoms with Gasteiger partial charge in [-0.05, 0) is 30.5 Å². The van der Waals surface area contributed by atoms with Crippen LogP contribution in [-0.2, 0) is 6.54 Å². The average molecular weight is 387 g/mol. The number of thioether (sulfide) groups is 1. The molecular weight excluding hydrogens is 366 g/mol. The number of Topliss-reactive ketones (excluding diaryl/α,β-unsaturated/α-hetero) is 1. The molecule has 2 aromatic heterocycles. The van der Waals surface area contributed by atoms with Gasteiger partial charge in [-0.2, -0.15) is 0 Å².